The minimum absolute atomic E-state index is 0.506. The maximum Gasteiger partial charge on any atom is 0.0619 e. The van der Waals surface area contributed by atoms with Crippen LogP contribution in [0.25, 0.3) is 0 Å². The van der Waals surface area contributed by atoms with E-state index in [9.17, 15) is 0 Å². The smallest absolute Gasteiger partial charge is 0.0619 e. The Kier molecular flexibility index (Phi) is 8.72. The van der Waals surface area contributed by atoms with E-state index in [0.29, 0.717) is 6.10 Å². The summed E-state index contributed by atoms with van der Waals surface area (Å²) in [5.74, 6) is 0.868. The van der Waals surface area contributed by atoms with Crippen LogP contribution in [0.3, 0.4) is 0 Å². The Balaban J connectivity index is 1.66. The van der Waals surface area contributed by atoms with E-state index in [1.54, 1.807) is 0 Å². The Morgan fingerprint density at radius 2 is 1.76 bits per heavy atom. The maximum atomic E-state index is 5.60. The van der Waals surface area contributed by atoms with Crippen LogP contribution >= 0.6 is 0 Å². The maximum absolute atomic E-state index is 5.60. The Bertz CT molecular complexity index is 164. The van der Waals surface area contributed by atoms with E-state index in [1.807, 2.05) is 0 Å². The SMILES string of the molecule is CC(C)CCCCCCCOCCC1CCO1. The molecule has 0 bridgehead atoms. The number of hydrogen-bond donors (Lipinski definition) is 0. The molecule has 0 radical (unpaired) electrons. The highest BCUT2D eigenvalue weighted by Gasteiger charge is 2.16. The van der Waals surface area contributed by atoms with E-state index >= 15 is 0 Å². The lowest BCUT2D eigenvalue weighted by atomic mass is 10.0. The molecule has 1 fully saturated rings. The van der Waals surface area contributed by atoms with Crippen molar-refractivity contribution in [2.45, 2.75) is 71.3 Å². The van der Waals surface area contributed by atoms with Gasteiger partial charge >= 0.3 is 0 Å². The number of rotatable bonds is 11. The molecule has 0 aromatic heterocycles. The van der Waals surface area contributed by atoms with E-state index in [-0.39, 0.29) is 0 Å². The molecule has 1 rings (SSSR count). The quantitative estimate of drug-likeness (QED) is 0.506. The molecule has 1 aliphatic heterocycles. The Hall–Kier alpha value is -0.0800. The van der Waals surface area contributed by atoms with Crippen LogP contribution in [-0.2, 0) is 9.47 Å². The summed E-state index contributed by atoms with van der Waals surface area (Å²) in [6.07, 6.45) is 11.0. The van der Waals surface area contributed by atoms with Gasteiger partial charge < -0.3 is 9.47 Å². The van der Waals surface area contributed by atoms with Crippen molar-refractivity contribution in [2.24, 2.45) is 5.92 Å². The van der Waals surface area contributed by atoms with Gasteiger partial charge in [0, 0.05) is 19.8 Å². The van der Waals surface area contributed by atoms with Gasteiger partial charge in [-0.15, -0.1) is 0 Å². The molecule has 1 heterocycles. The first-order valence-corrected chi connectivity index (χ1v) is 7.48. The summed E-state index contributed by atoms with van der Waals surface area (Å²) in [7, 11) is 0. The molecule has 2 nitrogen and oxygen atoms in total. The first-order chi connectivity index (χ1) is 8.29. The van der Waals surface area contributed by atoms with Gasteiger partial charge in [-0.2, -0.15) is 0 Å². The third-order valence-corrected chi connectivity index (χ3v) is 3.45. The predicted octanol–water partition coefficient (Wildman–Crippen LogP) is 4.18. The fourth-order valence-electron chi connectivity index (χ4n) is 2.12. The molecule has 0 amide bonds. The van der Waals surface area contributed by atoms with Crippen molar-refractivity contribution < 1.29 is 9.47 Å². The minimum Gasteiger partial charge on any atom is -0.381 e. The van der Waals surface area contributed by atoms with E-state index in [0.717, 1.165) is 32.2 Å². The van der Waals surface area contributed by atoms with Gasteiger partial charge in [0.05, 0.1) is 6.10 Å². The lowest BCUT2D eigenvalue weighted by molar-refractivity contribution is -0.0665. The third kappa shape index (κ3) is 8.62. The second kappa shape index (κ2) is 9.90. The average Bonchev–Trinajstić information content (AvgIpc) is 2.23. The monoisotopic (exact) mass is 242 g/mol. The van der Waals surface area contributed by atoms with Crippen LogP contribution in [0.2, 0.25) is 0 Å². The predicted molar refractivity (Wildman–Crippen MR) is 72.3 cm³/mol. The summed E-state index contributed by atoms with van der Waals surface area (Å²) in [6, 6.07) is 0. The average molecular weight is 242 g/mol. The van der Waals surface area contributed by atoms with E-state index in [1.165, 1.54) is 44.9 Å². The topological polar surface area (TPSA) is 18.5 Å². The molecule has 102 valence electrons. The summed E-state index contributed by atoms with van der Waals surface area (Å²) < 4.78 is 10.9. The van der Waals surface area contributed by atoms with Crippen molar-refractivity contribution in [3.05, 3.63) is 0 Å². The molecule has 1 unspecified atom stereocenters. The summed E-state index contributed by atoms with van der Waals surface area (Å²) >= 11 is 0. The van der Waals surface area contributed by atoms with Gasteiger partial charge in [0.1, 0.15) is 0 Å². The molecule has 0 aromatic carbocycles. The molecular formula is C15H30O2. The second-order valence-electron chi connectivity index (χ2n) is 5.63. The molecule has 2 heteroatoms. The first kappa shape index (κ1) is 15.0. The molecule has 0 aliphatic carbocycles. The van der Waals surface area contributed by atoms with Crippen LogP contribution in [0.4, 0.5) is 0 Å². The Labute approximate surface area is 107 Å². The van der Waals surface area contributed by atoms with Crippen molar-refractivity contribution in [1.29, 1.82) is 0 Å². The van der Waals surface area contributed by atoms with Crippen LogP contribution in [0.5, 0.6) is 0 Å². The molecule has 17 heavy (non-hydrogen) atoms. The van der Waals surface area contributed by atoms with Crippen LogP contribution < -0.4 is 0 Å². The molecule has 1 saturated heterocycles. The van der Waals surface area contributed by atoms with E-state index in [4.69, 9.17) is 9.47 Å². The lowest BCUT2D eigenvalue weighted by Gasteiger charge is -2.26. The standard InChI is InChI=1S/C15H30O2/c1-14(2)8-6-4-3-5-7-11-16-12-9-15-10-13-17-15/h14-15H,3-13H2,1-2H3. The van der Waals surface area contributed by atoms with Crippen molar-refractivity contribution in [2.75, 3.05) is 19.8 Å². The lowest BCUT2D eigenvalue weighted by Crippen LogP contribution is -2.27. The van der Waals surface area contributed by atoms with E-state index < -0.39 is 0 Å². The van der Waals surface area contributed by atoms with Gasteiger partial charge in [-0.1, -0.05) is 46.0 Å². The third-order valence-electron chi connectivity index (χ3n) is 3.45. The fraction of sp³-hybridized carbons (Fsp3) is 1.00. The van der Waals surface area contributed by atoms with Crippen molar-refractivity contribution in [3.63, 3.8) is 0 Å². The van der Waals surface area contributed by atoms with E-state index in [2.05, 4.69) is 13.8 Å². The van der Waals surface area contributed by atoms with Gasteiger partial charge in [0.15, 0.2) is 0 Å². The molecule has 0 spiro atoms. The minimum atomic E-state index is 0.506. The largest absolute Gasteiger partial charge is 0.381 e. The molecule has 1 aliphatic rings. The van der Waals surface area contributed by atoms with Crippen LogP contribution in [0.1, 0.15) is 65.2 Å². The Morgan fingerprint density at radius 1 is 1.06 bits per heavy atom. The van der Waals surface area contributed by atoms with Crippen molar-refractivity contribution in [1.82, 2.24) is 0 Å². The van der Waals surface area contributed by atoms with Gasteiger partial charge in [0.2, 0.25) is 0 Å². The molecule has 1 atom stereocenters. The zero-order valence-electron chi connectivity index (χ0n) is 11.7. The van der Waals surface area contributed by atoms with Crippen LogP contribution in [0, 0.1) is 5.92 Å². The zero-order chi connectivity index (χ0) is 12.3. The first-order valence-electron chi connectivity index (χ1n) is 7.48. The van der Waals surface area contributed by atoms with Crippen LogP contribution in [0.15, 0.2) is 0 Å². The summed E-state index contributed by atoms with van der Waals surface area (Å²) in [6.45, 7) is 7.40. The van der Waals surface area contributed by atoms with Gasteiger partial charge in [-0.05, 0) is 25.2 Å². The zero-order valence-corrected chi connectivity index (χ0v) is 11.7. The Morgan fingerprint density at radius 3 is 2.41 bits per heavy atom. The number of ether oxygens (including phenoxy) is 2. The second-order valence-corrected chi connectivity index (χ2v) is 5.63. The molecular weight excluding hydrogens is 212 g/mol. The number of hydrogen-bond acceptors (Lipinski definition) is 2. The van der Waals surface area contributed by atoms with Gasteiger partial charge in [0.25, 0.3) is 0 Å². The van der Waals surface area contributed by atoms with Gasteiger partial charge in [-0.25, -0.2) is 0 Å². The number of unbranched alkanes of at least 4 members (excludes halogenated alkanes) is 4. The molecule has 0 aromatic rings. The van der Waals surface area contributed by atoms with Gasteiger partial charge in [-0.3, -0.25) is 0 Å². The fourth-order valence-corrected chi connectivity index (χ4v) is 2.12. The van der Waals surface area contributed by atoms with Crippen molar-refractivity contribution in [3.8, 4) is 0 Å². The van der Waals surface area contributed by atoms with Crippen molar-refractivity contribution >= 4 is 0 Å². The highest BCUT2D eigenvalue weighted by Crippen LogP contribution is 2.14. The summed E-state index contributed by atoms with van der Waals surface area (Å²) in [4.78, 5) is 0. The summed E-state index contributed by atoms with van der Waals surface area (Å²) in [5.41, 5.74) is 0. The van der Waals surface area contributed by atoms with Crippen LogP contribution in [-0.4, -0.2) is 25.9 Å². The molecule has 0 saturated carbocycles. The summed E-state index contributed by atoms with van der Waals surface area (Å²) in [5, 5.41) is 0. The molecule has 0 N–H and O–H groups in total. The highest BCUT2D eigenvalue weighted by atomic mass is 16.5. The normalized spacial score (nSPS) is 19.6. The highest BCUT2D eigenvalue weighted by molar-refractivity contribution is 4.65.